The molecule has 0 aliphatic carbocycles. The first-order valence-electron chi connectivity index (χ1n) is 3.09. The first kappa shape index (κ1) is 7.97. The molecule has 1 heterocycles. The monoisotopic (exact) mass is 162 g/mol. The van der Waals surface area contributed by atoms with Crippen LogP contribution in [-0.2, 0) is 7.05 Å². The standard InChI is InChI=1S/C6H8F2N2O/c1-10-6(2-3-9-10)11-4-5(7)8/h2-3,5H,4H2,1H3. The molecule has 0 unspecified atom stereocenters. The molecular weight excluding hydrogens is 154 g/mol. The molecule has 0 amide bonds. The number of hydrogen-bond acceptors (Lipinski definition) is 2. The highest BCUT2D eigenvalue weighted by atomic mass is 19.3. The summed E-state index contributed by atoms with van der Waals surface area (Å²) in [5.41, 5.74) is 0. The Balaban J connectivity index is 2.44. The molecule has 1 aromatic rings. The van der Waals surface area contributed by atoms with Gasteiger partial charge in [0.15, 0.2) is 6.61 Å². The quantitative estimate of drug-likeness (QED) is 0.664. The Morgan fingerprint density at radius 1 is 1.73 bits per heavy atom. The molecule has 0 saturated carbocycles. The van der Waals surface area contributed by atoms with Crippen molar-refractivity contribution in [1.29, 1.82) is 0 Å². The number of rotatable bonds is 3. The van der Waals surface area contributed by atoms with Gasteiger partial charge >= 0.3 is 0 Å². The Morgan fingerprint density at radius 2 is 2.45 bits per heavy atom. The number of alkyl halides is 2. The van der Waals surface area contributed by atoms with Crippen molar-refractivity contribution in [3.63, 3.8) is 0 Å². The van der Waals surface area contributed by atoms with Crippen molar-refractivity contribution in [3.05, 3.63) is 12.3 Å². The van der Waals surface area contributed by atoms with E-state index in [9.17, 15) is 8.78 Å². The maximum Gasteiger partial charge on any atom is 0.272 e. The van der Waals surface area contributed by atoms with Crippen LogP contribution in [0.25, 0.3) is 0 Å². The molecular formula is C6H8F2N2O. The van der Waals surface area contributed by atoms with E-state index in [0.717, 1.165) is 0 Å². The zero-order valence-electron chi connectivity index (χ0n) is 6.00. The van der Waals surface area contributed by atoms with Crippen LogP contribution in [0.2, 0.25) is 0 Å². The van der Waals surface area contributed by atoms with E-state index in [1.165, 1.54) is 16.9 Å². The predicted molar refractivity (Wildman–Crippen MR) is 34.7 cm³/mol. The smallest absolute Gasteiger partial charge is 0.272 e. The summed E-state index contributed by atoms with van der Waals surface area (Å²) < 4.78 is 29.3. The summed E-state index contributed by atoms with van der Waals surface area (Å²) in [7, 11) is 1.63. The Morgan fingerprint density at radius 3 is 2.91 bits per heavy atom. The van der Waals surface area contributed by atoms with Crippen LogP contribution < -0.4 is 4.74 Å². The summed E-state index contributed by atoms with van der Waals surface area (Å²) in [6, 6.07) is 1.53. The first-order valence-corrected chi connectivity index (χ1v) is 3.09. The van der Waals surface area contributed by atoms with Crippen molar-refractivity contribution in [2.45, 2.75) is 6.43 Å². The molecule has 0 spiro atoms. The lowest BCUT2D eigenvalue weighted by Crippen LogP contribution is -2.09. The number of nitrogens with zero attached hydrogens (tertiary/aromatic N) is 2. The molecule has 5 heteroatoms. The van der Waals surface area contributed by atoms with Crippen molar-refractivity contribution in [3.8, 4) is 5.88 Å². The number of ether oxygens (including phenoxy) is 1. The van der Waals surface area contributed by atoms with Gasteiger partial charge < -0.3 is 4.74 Å². The van der Waals surface area contributed by atoms with Crippen LogP contribution in [0.5, 0.6) is 5.88 Å². The van der Waals surface area contributed by atoms with Gasteiger partial charge in [0.2, 0.25) is 5.88 Å². The minimum Gasteiger partial charge on any atom is -0.472 e. The van der Waals surface area contributed by atoms with Gasteiger partial charge in [0, 0.05) is 13.1 Å². The molecule has 11 heavy (non-hydrogen) atoms. The molecule has 0 aliphatic heterocycles. The molecule has 1 rings (SSSR count). The summed E-state index contributed by atoms with van der Waals surface area (Å²) >= 11 is 0. The maximum atomic E-state index is 11.6. The molecule has 0 bridgehead atoms. The topological polar surface area (TPSA) is 27.1 Å². The molecule has 0 N–H and O–H groups in total. The van der Waals surface area contributed by atoms with Crippen LogP contribution in [-0.4, -0.2) is 22.8 Å². The van der Waals surface area contributed by atoms with Gasteiger partial charge in [0.1, 0.15) is 0 Å². The molecule has 0 aromatic carbocycles. The highest BCUT2D eigenvalue weighted by Crippen LogP contribution is 2.07. The number of aromatic nitrogens is 2. The van der Waals surface area contributed by atoms with E-state index in [2.05, 4.69) is 9.84 Å². The van der Waals surface area contributed by atoms with Crippen LogP contribution in [0.4, 0.5) is 8.78 Å². The Bertz CT molecular complexity index is 224. The van der Waals surface area contributed by atoms with Crippen LogP contribution >= 0.6 is 0 Å². The fourth-order valence-corrected chi connectivity index (χ4v) is 0.652. The predicted octanol–water partition coefficient (Wildman–Crippen LogP) is 1.06. The third-order valence-corrected chi connectivity index (χ3v) is 1.13. The normalized spacial score (nSPS) is 10.5. The average molecular weight is 162 g/mol. The van der Waals surface area contributed by atoms with Gasteiger partial charge in [-0.1, -0.05) is 0 Å². The lowest BCUT2D eigenvalue weighted by Gasteiger charge is -2.03. The first-order chi connectivity index (χ1) is 5.20. The van der Waals surface area contributed by atoms with E-state index in [1.807, 2.05) is 0 Å². The highest BCUT2D eigenvalue weighted by Gasteiger charge is 2.04. The van der Waals surface area contributed by atoms with Gasteiger partial charge in [0.25, 0.3) is 6.43 Å². The van der Waals surface area contributed by atoms with E-state index in [1.54, 1.807) is 7.05 Å². The Kier molecular flexibility index (Phi) is 2.40. The van der Waals surface area contributed by atoms with Gasteiger partial charge in [0.05, 0.1) is 6.20 Å². The van der Waals surface area contributed by atoms with Crippen LogP contribution in [0.1, 0.15) is 0 Å². The molecule has 1 aromatic heterocycles. The third kappa shape index (κ3) is 2.18. The zero-order valence-corrected chi connectivity index (χ0v) is 6.00. The molecule has 62 valence electrons. The summed E-state index contributed by atoms with van der Waals surface area (Å²) in [6.07, 6.45) is -0.953. The van der Waals surface area contributed by atoms with Gasteiger partial charge in [-0.25, -0.2) is 13.5 Å². The highest BCUT2D eigenvalue weighted by molar-refractivity contribution is 5.06. The summed E-state index contributed by atoms with van der Waals surface area (Å²) in [6.45, 7) is -0.584. The second-order valence-electron chi connectivity index (χ2n) is 2.00. The Hall–Kier alpha value is -1.13. The summed E-state index contributed by atoms with van der Waals surface area (Å²) in [4.78, 5) is 0. The van der Waals surface area contributed by atoms with E-state index >= 15 is 0 Å². The summed E-state index contributed by atoms with van der Waals surface area (Å²) in [5.74, 6) is 0.352. The molecule has 3 nitrogen and oxygen atoms in total. The van der Waals surface area contributed by atoms with E-state index in [0.29, 0.717) is 5.88 Å². The average Bonchev–Trinajstić information content (AvgIpc) is 2.31. The lowest BCUT2D eigenvalue weighted by molar-refractivity contribution is 0.0774. The second-order valence-corrected chi connectivity index (χ2v) is 2.00. The fourth-order valence-electron chi connectivity index (χ4n) is 0.652. The second kappa shape index (κ2) is 3.32. The number of aryl methyl sites for hydroxylation is 1. The number of halogens is 2. The van der Waals surface area contributed by atoms with Crippen molar-refractivity contribution in [1.82, 2.24) is 9.78 Å². The molecule has 0 radical (unpaired) electrons. The lowest BCUT2D eigenvalue weighted by atomic mass is 10.7. The molecule has 0 aliphatic rings. The maximum absolute atomic E-state index is 11.6. The van der Waals surface area contributed by atoms with Crippen molar-refractivity contribution < 1.29 is 13.5 Å². The molecule has 0 saturated heterocycles. The Labute approximate surface area is 62.6 Å². The summed E-state index contributed by atoms with van der Waals surface area (Å²) in [5, 5.41) is 3.74. The van der Waals surface area contributed by atoms with E-state index in [4.69, 9.17) is 0 Å². The van der Waals surface area contributed by atoms with Gasteiger partial charge in [-0.2, -0.15) is 5.10 Å². The minimum atomic E-state index is -2.44. The SMILES string of the molecule is Cn1nccc1OCC(F)F. The van der Waals surface area contributed by atoms with E-state index < -0.39 is 13.0 Å². The van der Waals surface area contributed by atoms with Crippen molar-refractivity contribution in [2.24, 2.45) is 7.05 Å². The molecule has 0 atom stereocenters. The van der Waals surface area contributed by atoms with Gasteiger partial charge in [-0.05, 0) is 0 Å². The van der Waals surface area contributed by atoms with Crippen LogP contribution in [0.3, 0.4) is 0 Å². The van der Waals surface area contributed by atoms with Crippen molar-refractivity contribution >= 4 is 0 Å². The van der Waals surface area contributed by atoms with Gasteiger partial charge in [-0.3, -0.25) is 0 Å². The minimum absolute atomic E-state index is 0.352. The van der Waals surface area contributed by atoms with E-state index in [-0.39, 0.29) is 0 Å². The van der Waals surface area contributed by atoms with Crippen LogP contribution in [0, 0.1) is 0 Å². The van der Waals surface area contributed by atoms with Crippen LogP contribution in [0.15, 0.2) is 12.3 Å². The van der Waals surface area contributed by atoms with Crippen molar-refractivity contribution in [2.75, 3.05) is 6.61 Å². The number of hydrogen-bond donors (Lipinski definition) is 0. The zero-order chi connectivity index (χ0) is 8.27. The molecule has 0 fully saturated rings. The largest absolute Gasteiger partial charge is 0.472 e. The fraction of sp³-hybridized carbons (Fsp3) is 0.500. The third-order valence-electron chi connectivity index (χ3n) is 1.13. The van der Waals surface area contributed by atoms with Gasteiger partial charge in [-0.15, -0.1) is 0 Å².